The molecule has 0 unspecified atom stereocenters. The second-order valence-electron chi connectivity index (χ2n) is 9.51. The number of benzene rings is 3. The third kappa shape index (κ3) is 5.92. The maximum atomic E-state index is 13.1. The van der Waals surface area contributed by atoms with Crippen molar-refractivity contribution >= 4 is 34.5 Å². The third-order valence-electron chi connectivity index (χ3n) is 6.74. The van der Waals surface area contributed by atoms with Gasteiger partial charge in [0.2, 0.25) is 0 Å². The van der Waals surface area contributed by atoms with Crippen LogP contribution in [0.2, 0.25) is 0 Å². The van der Waals surface area contributed by atoms with E-state index in [1.165, 1.54) is 0 Å². The van der Waals surface area contributed by atoms with E-state index in [2.05, 4.69) is 34.2 Å². The van der Waals surface area contributed by atoms with Gasteiger partial charge >= 0.3 is 0 Å². The molecule has 0 bridgehead atoms. The van der Waals surface area contributed by atoms with E-state index in [0.29, 0.717) is 22.5 Å². The van der Waals surface area contributed by atoms with E-state index < -0.39 is 0 Å². The topological polar surface area (TPSA) is 96.2 Å². The second-order valence-corrected chi connectivity index (χ2v) is 9.51. The molecule has 3 aromatic carbocycles. The fourth-order valence-corrected chi connectivity index (χ4v) is 4.78. The lowest BCUT2D eigenvalue weighted by Gasteiger charge is -2.17. The molecule has 6 nitrogen and oxygen atoms in total. The molecule has 2 aliphatic rings. The maximum absolute atomic E-state index is 13.1. The maximum Gasteiger partial charge on any atom is 0.255 e. The van der Waals surface area contributed by atoms with Crippen LogP contribution in [0.25, 0.3) is 11.4 Å². The molecule has 2 aliphatic heterocycles. The largest absolute Gasteiger partial charge is 0.398 e. The Morgan fingerprint density at radius 2 is 1.49 bits per heavy atom. The molecular weight excluding hydrogens is 460 g/mol. The lowest BCUT2D eigenvalue weighted by Crippen LogP contribution is -2.18. The quantitative estimate of drug-likeness (QED) is 0.262. The molecule has 0 fully saturated rings. The molecule has 5 rings (SSSR count). The Balaban J connectivity index is 1.26. The first kappa shape index (κ1) is 24.4. The van der Waals surface area contributed by atoms with Gasteiger partial charge in [0.25, 0.3) is 5.91 Å². The minimum Gasteiger partial charge on any atom is -0.398 e. The number of nitrogen functional groups attached to an aromatic ring is 1. The van der Waals surface area contributed by atoms with E-state index in [4.69, 9.17) is 5.73 Å². The third-order valence-corrected chi connectivity index (χ3v) is 6.74. The molecule has 1 amide bonds. The van der Waals surface area contributed by atoms with Gasteiger partial charge in [-0.25, -0.2) is 0 Å². The fraction of sp³-hybridized carbons (Fsp3) is 0.226. The van der Waals surface area contributed by atoms with Crippen LogP contribution in [0, 0.1) is 0 Å². The number of hydrogen-bond acceptors (Lipinski definition) is 5. The van der Waals surface area contributed by atoms with E-state index in [9.17, 15) is 9.59 Å². The van der Waals surface area contributed by atoms with Crippen LogP contribution in [0.5, 0.6) is 0 Å². The van der Waals surface area contributed by atoms with E-state index in [1.54, 1.807) is 18.2 Å². The van der Waals surface area contributed by atoms with Crippen LogP contribution in [0.1, 0.15) is 63.1 Å². The number of nitrogens with two attached hydrogens (primary N) is 1. The van der Waals surface area contributed by atoms with Gasteiger partial charge in [0, 0.05) is 53.4 Å². The molecule has 0 atom stereocenters. The van der Waals surface area contributed by atoms with Gasteiger partial charge in [-0.15, -0.1) is 0 Å². The Morgan fingerprint density at radius 3 is 2.14 bits per heavy atom. The Bertz CT molecular complexity index is 1390. The Morgan fingerprint density at radius 1 is 0.811 bits per heavy atom. The van der Waals surface area contributed by atoms with Crippen LogP contribution in [0.15, 0.2) is 78.9 Å². The zero-order valence-corrected chi connectivity index (χ0v) is 20.8. The van der Waals surface area contributed by atoms with E-state index in [0.717, 1.165) is 66.9 Å². The zero-order chi connectivity index (χ0) is 25.6. The van der Waals surface area contributed by atoms with E-state index in [-0.39, 0.29) is 18.1 Å². The Kier molecular flexibility index (Phi) is 7.36. The summed E-state index contributed by atoms with van der Waals surface area (Å²) in [6, 6.07) is 20.7. The highest BCUT2D eigenvalue weighted by molar-refractivity contribution is 6.07. The summed E-state index contributed by atoms with van der Waals surface area (Å²) < 4.78 is 0. The standard InChI is InChI=1S/C31H32N4O2/c32-27-20-24(31(37)35-25-10-6-9-23(19-25)29-12-2-4-16-34-29)13-14-26(27)30(36)18-21-7-5-8-22(17-21)28-11-1-3-15-33-28/h5-14,17,19-20,33-34H,1-4,15-16,18,32H2,(H,35,37). The Hall–Kier alpha value is -4.32. The van der Waals surface area contributed by atoms with Crippen LogP contribution in [-0.4, -0.2) is 24.8 Å². The molecule has 0 aliphatic carbocycles. The van der Waals surface area contributed by atoms with Crippen molar-refractivity contribution in [2.45, 2.75) is 32.1 Å². The van der Waals surface area contributed by atoms with Crippen LogP contribution < -0.4 is 21.7 Å². The predicted octanol–water partition coefficient (Wildman–Crippen LogP) is 5.40. The molecule has 0 aromatic heterocycles. The molecule has 0 saturated carbocycles. The Labute approximate surface area is 217 Å². The molecule has 188 valence electrons. The first-order chi connectivity index (χ1) is 18.1. The number of nitrogens with one attached hydrogen (secondary N) is 3. The average molecular weight is 493 g/mol. The normalized spacial score (nSPS) is 15.0. The summed E-state index contributed by atoms with van der Waals surface area (Å²) in [7, 11) is 0. The number of Topliss-reactive ketones (excluding diaryl/α,β-unsaturated/α-hetero) is 1. The molecule has 37 heavy (non-hydrogen) atoms. The van der Waals surface area contributed by atoms with Gasteiger partial charge in [0.05, 0.1) is 0 Å². The van der Waals surface area contributed by atoms with Crippen LogP contribution >= 0.6 is 0 Å². The van der Waals surface area contributed by atoms with Crippen LogP contribution in [0.3, 0.4) is 0 Å². The molecule has 2 heterocycles. The first-order valence-electron chi connectivity index (χ1n) is 12.9. The van der Waals surface area contributed by atoms with Crippen molar-refractivity contribution in [1.29, 1.82) is 0 Å². The van der Waals surface area contributed by atoms with Crippen LogP contribution in [0.4, 0.5) is 11.4 Å². The second kappa shape index (κ2) is 11.2. The summed E-state index contributed by atoms with van der Waals surface area (Å²) in [5.41, 5.74) is 13.3. The van der Waals surface area contributed by atoms with E-state index >= 15 is 0 Å². The summed E-state index contributed by atoms with van der Waals surface area (Å²) in [6.45, 7) is 1.92. The van der Waals surface area contributed by atoms with Crippen molar-refractivity contribution in [3.8, 4) is 0 Å². The van der Waals surface area contributed by atoms with Gasteiger partial charge in [-0.1, -0.05) is 42.5 Å². The van der Waals surface area contributed by atoms with Crippen molar-refractivity contribution in [3.63, 3.8) is 0 Å². The number of carbonyl (C=O) groups excluding carboxylic acids is 2. The predicted molar refractivity (Wildman–Crippen MR) is 150 cm³/mol. The zero-order valence-electron chi connectivity index (χ0n) is 20.8. The number of ketones is 1. The molecule has 5 N–H and O–H groups in total. The van der Waals surface area contributed by atoms with Gasteiger partial charge in [-0.05, 0) is 78.8 Å². The summed E-state index contributed by atoms with van der Waals surface area (Å²) in [5, 5.41) is 9.77. The highest BCUT2D eigenvalue weighted by atomic mass is 16.1. The van der Waals surface area contributed by atoms with Crippen LogP contribution in [-0.2, 0) is 6.42 Å². The van der Waals surface area contributed by atoms with Gasteiger partial charge in [0.1, 0.15) is 0 Å². The van der Waals surface area contributed by atoms with Gasteiger partial charge < -0.3 is 21.7 Å². The highest BCUT2D eigenvalue weighted by Crippen LogP contribution is 2.23. The molecule has 6 heteroatoms. The summed E-state index contributed by atoms with van der Waals surface area (Å²) in [4.78, 5) is 26.0. The summed E-state index contributed by atoms with van der Waals surface area (Å²) >= 11 is 0. The molecular formula is C31H32N4O2. The smallest absolute Gasteiger partial charge is 0.255 e. The highest BCUT2D eigenvalue weighted by Gasteiger charge is 2.15. The molecule has 0 radical (unpaired) electrons. The number of hydrogen-bond donors (Lipinski definition) is 4. The monoisotopic (exact) mass is 492 g/mol. The van der Waals surface area contributed by atoms with Gasteiger partial charge in [-0.2, -0.15) is 0 Å². The van der Waals surface area contributed by atoms with Crippen molar-refractivity contribution in [1.82, 2.24) is 10.6 Å². The van der Waals surface area contributed by atoms with Crippen molar-refractivity contribution in [2.75, 3.05) is 24.1 Å². The van der Waals surface area contributed by atoms with Gasteiger partial charge in [-0.3, -0.25) is 9.59 Å². The first-order valence-corrected chi connectivity index (χ1v) is 12.9. The van der Waals surface area contributed by atoms with Crippen molar-refractivity contribution in [2.24, 2.45) is 0 Å². The molecule has 0 saturated heterocycles. The minimum absolute atomic E-state index is 0.0758. The van der Waals surface area contributed by atoms with Gasteiger partial charge in [0.15, 0.2) is 5.78 Å². The number of rotatable bonds is 7. The number of allylic oxidation sites excluding steroid dienone is 2. The van der Waals surface area contributed by atoms with Crippen molar-refractivity contribution in [3.05, 3.63) is 107 Å². The lowest BCUT2D eigenvalue weighted by molar-refractivity contribution is 0.0990. The number of carbonyl (C=O) groups is 2. The SMILES string of the molecule is Nc1cc(C(=O)Nc2cccc(C3=CCCCN3)c2)ccc1C(=O)Cc1cccc(C2=CCCCN2)c1. The molecule has 0 spiro atoms. The van der Waals surface area contributed by atoms with E-state index in [1.807, 2.05) is 42.5 Å². The van der Waals surface area contributed by atoms with Crippen molar-refractivity contribution < 1.29 is 9.59 Å². The lowest BCUT2D eigenvalue weighted by atomic mass is 9.97. The average Bonchev–Trinajstić information content (AvgIpc) is 2.94. The summed E-state index contributed by atoms with van der Waals surface area (Å²) in [5.74, 6) is -0.345. The number of amides is 1. The fourth-order valence-electron chi connectivity index (χ4n) is 4.78. The molecule has 3 aromatic rings. The number of anilines is 2. The minimum atomic E-state index is -0.269. The summed E-state index contributed by atoms with van der Waals surface area (Å²) in [6.07, 6.45) is 8.99.